The van der Waals surface area contributed by atoms with Crippen molar-refractivity contribution >= 4 is 10.0 Å². The second-order valence-electron chi connectivity index (χ2n) is 3.84. The molecule has 0 fully saturated rings. The minimum absolute atomic E-state index is 0.503. The molecule has 4 nitrogen and oxygen atoms in total. The highest BCUT2D eigenvalue weighted by molar-refractivity contribution is 7.88. The number of rotatable bonds is 2. The molecule has 1 aromatic carbocycles. The average Bonchev–Trinajstić information content (AvgIpc) is 2.41. The lowest BCUT2D eigenvalue weighted by Crippen LogP contribution is -2.32. The van der Waals surface area contributed by atoms with Crippen molar-refractivity contribution in [3.63, 3.8) is 0 Å². The van der Waals surface area contributed by atoms with Crippen LogP contribution >= 0.6 is 0 Å². The van der Waals surface area contributed by atoms with E-state index in [2.05, 4.69) is 4.72 Å². The molecule has 0 saturated carbocycles. The van der Waals surface area contributed by atoms with Gasteiger partial charge in [-0.2, -0.15) is 0 Å². The molecule has 0 bridgehead atoms. The van der Waals surface area contributed by atoms with E-state index in [9.17, 15) is 13.5 Å². The maximum Gasteiger partial charge on any atom is 0.209 e. The third kappa shape index (κ3) is 2.19. The highest BCUT2D eigenvalue weighted by Gasteiger charge is 2.32. The number of benzene rings is 1. The largest absolute Gasteiger partial charge is 0.391 e. The second kappa shape index (κ2) is 3.59. The molecule has 0 saturated heterocycles. The van der Waals surface area contributed by atoms with E-state index < -0.39 is 22.2 Å². The molecule has 0 amide bonds. The highest BCUT2D eigenvalue weighted by atomic mass is 32.2. The van der Waals surface area contributed by atoms with Gasteiger partial charge in [0, 0.05) is 6.42 Å². The average molecular weight is 227 g/mol. The minimum Gasteiger partial charge on any atom is -0.391 e. The van der Waals surface area contributed by atoms with Crippen molar-refractivity contribution in [1.29, 1.82) is 0 Å². The van der Waals surface area contributed by atoms with Crippen molar-refractivity contribution in [2.75, 3.05) is 6.26 Å². The summed E-state index contributed by atoms with van der Waals surface area (Å²) in [4.78, 5) is 0. The molecule has 1 aromatic rings. The van der Waals surface area contributed by atoms with Gasteiger partial charge >= 0.3 is 0 Å². The number of aliphatic hydroxyl groups excluding tert-OH is 1. The molecule has 0 radical (unpaired) electrons. The number of hydrogen-bond donors (Lipinski definition) is 2. The molecule has 82 valence electrons. The van der Waals surface area contributed by atoms with Crippen LogP contribution in [-0.2, 0) is 16.4 Å². The van der Waals surface area contributed by atoms with E-state index in [0.717, 1.165) is 17.4 Å². The van der Waals surface area contributed by atoms with Gasteiger partial charge in [0.2, 0.25) is 10.0 Å². The van der Waals surface area contributed by atoms with Gasteiger partial charge in [-0.1, -0.05) is 24.3 Å². The number of hydrogen-bond acceptors (Lipinski definition) is 3. The monoisotopic (exact) mass is 227 g/mol. The Kier molecular flexibility index (Phi) is 2.54. The van der Waals surface area contributed by atoms with Crippen molar-refractivity contribution in [1.82, 2.24) is 4.72 Å². The van der Waals surface area contributed by atoms with Gasteiger partial charge in [0.1, 0.15) is 0 Å². The summed E-state index contributed by atoms with van der Waals surface area (Å²) < 4.78 is 24.7. The lowest BCUT2D eigenvalue weighted by atomic mass is 10.1. The zero-order valence-corrected chi connectivity index (χ0v) is 9.16. The van der Waals surface area contributed by atoms with Gasteiger partial charge in [-0.15, -0.1) is 0 Å². The Balaban J connectivity index is 2.34. The summed E-state index contributed by atoms with van der Waals surface area (Å²) in [7, 11) is -3.29. The van der Waals surface area contributed by atoms with Crippen LogP contribution in [0.1, 0.15) is 17.2 Å². The number of fused-ring (bicyclic) bond motifs is 1. The zero-order valence-electron chi connectivity index (χ0n) is 8.34. The maximum absolute atomic E-state index is 11.1. The SMILES string of the molecule is CS(=O)(=O)N[C@@H]1c2ccccc2C[C@@H]1O. The molecular formula is C10H13NO3S. The summed E-state index contributed by atoms with van der Waals surface area (Å²) in [5.41, 5.74) is 1.88. The Bertz CT molecular complexity index is 469. The normalized spacial score (nSPS) is 25.2. The van der Waals surface area contributed by atoms with Gasteiger partial charge in [-0.3, -0.25) is 0 Å². The molecule has 1 aliphatic rings. The van der Waals surface area contributed by atoms with Gasteiger partial charge in [0.15, 0.2) is 0 Å². The fourth-order valence-electron chi connectivity index (χ4n) is 1.95. The lowest BCUT2D eigenvalue weighted by molar-refractivity contribution is 0.152. The summed E-state index contributed by atoms with van der Waals surface area (Å²) >= 11 is 0. The lowest BCUT2D eigenvalue weighted by Gasteiger charge is -2.15. The molecule has 0 aromatic heterocycles. The summed E-state index contributed by atoms with van der Waals surface area (Å²) in [5.74, 6) is 0. The molecule has 1 aliphatic carbocycles. The number of nitrogens with one attached hydrogen (secondary N) is 1. The van der Waals surface area contributed by atoms with Crippen molar-refractivity contribution in [2.24, 2.45) is 0 Å². The quantitative estimate of drug-likeness (QED) is 0.758. The van der Waals surface area contributed by atoms with E-state index in [1.54, 1.807) is 0 Å². The molecule has 5 heteroatoms. The smallest absolute Gasteiger partial charge is 0.209 e. The molecule has 0 spiro atoms. The van der Waals surface area contributed by atoms with Gasteiger partial charge in [-0.05, 0) is 11.1 Å². The molecular weight excluding hydrogens is 214 g/mol. The third-order valence-electron chi connectivity index (χ3n) is 2.55. The Morgan fingerprint density at radius 2 is 2.07 bits per heavy atom. The highest BCUT2D eigenvalue weighted by Crippen LogP contribution is 2.31. The Labute approximate surface area is 89.0 Å². The van der Waals surface area contributed by atoms with Crippen molar-refractivity contribution in [2.45, 2.75) is 18.6 Å². The summed E-state index contributed by atoms with van der Waals surface area (Å²) in [6.45, 7) is 0. The van der Waals surface area contributed by atoms with Crippen LogP contribution in [0.4, 0.5) is 0 Å². The van der Waals surface area contributed by atoms with Crippen LogP contribution in [0.3, 0.4) is 0 Å². The third-order valence-corrected chi connectivity index (χ3v) is 3.23. The van der Waals surface area contributed by atoms with Crippen molar-refractivity contribution in [3.05, 3.63) is 35.4 Å². The van der Waals surface area contributed by atoms with Crippen LogP contribution in [-0.4, -0.2) is 25.9 Å². The number of aliphatic hydroxyl groups is 1. The summed E-state index contributed by atoms with van der Waals surface area (Å²) in [6, 6.07) is 6.97. The summed E-state index contributed by atoms with van der Waals surface area (Å²) in [6.07, 6.45) is 0.932. The van der Waals surface area contributed by atoms with E-state index >= 15 is 0 Å². The first-order valence-electron chi connectivity index (χ1n) is 4.70. The van der Waals surface area contributed by atoms with E-state index in [4.69, 9.17) is 0 Å². The fourth-order valence-corrected chi connectivity index (χ4v) is 2.69. The minimum atomic E-state index is -3.29. The van der Waals surface area contributed by atoms with Crippen molar-refractivity contribution in [3.8, 4) is 0 Å². The standard InChI is InChI=1S/C10H13NO3S/c1-15(13,14)11-10-8-5-3-2-4-7(8)6-9(10)12/h2-5,9-12H,6H2,1H3/t9-,10+/m0/s1. The van der Waals surface area contributed by atoms with Crippen LogP contribution < -0.4 is 4.72 Å². The zero-order chi connectivity index (χ0) is 11.1. The Hall–Kier alpha value is -0.910. The van der Waals surface area contributed by atoms with Crippen LogP contribution in [0.5, 0.6) is 0 Å². The fraction of sp³-hybridized carbons (Fsp3) is 0.400. The Morgan fingerprint density at radius 1 is 1.40 bits per heavy atom. The molecule has 2 rings (SSSR count). The van der Waals surface area contributed by atoms with E-state index in [1.807, 2.05) is 24.3 Å². The first kappa shape index (κ1) is 10.6. The van der Waals surface area contributed by atoms with E-state index in [0.29, 0.717) is 6.42 Å². The molecule has 0 aliphatic heterocycles. The van der Waals surface area contributed by atoms with Crippen molar-refractivity contribution < 1.29 is 13.5 Å². The van der Waals surface area contributed by atoms with Gasteiger partial charge in [-0.25, -0.2) is 13.1 Å². The summed E-state index contributed by atoms with van der Waals surface area (Å²) in [5, 5.41) is 9.75. The van der Waals surface area contributed by atoms with E-state index in [1.165, 1.54) is 0 Å². The first-order valence-corrected chi connectivity index (χ1v) is 6.60. The Morgan fingerprint density at radius 3 is 2.73 bits per heavy atom. The van der Waals surface area contributed by atoms with E-state index in [-0.39, 0.29) is 0 Å². The number of sulfonamides is 1. The first-order chi connectivity index (χ1) is 6.97. The topological polar surface area (TPSA) is 66.4 Å². The molecule has 2 atom stereocenters. The molecule has 2 N–H and O–H groups in total. The second-order valence-corrected chi connectivity index (χ2v) is 5.62. The van der Waals surface area contributed by atoms with Gasteiger partial charge in [0.25, 0.3) is 0 Å². The maximum atomic E-state index is 11.1. The predicted molar refractivity (Wildman–Crippen MR) is 56.9 cm³/mol. The molecule has 15 heavy (non-hydrogen) atoms. The van der Waals surface area contributed by atoms with Crippen LogP contribution in [0.15, 0.2) is 24.3 Å². The van der Waals surface area contributed by atoms with Gasteiger partial charge < -0.3 is 5.11 Å². The van der Waals surface area contributed by atoms with Gasteiger partial charge in [0.05, 0.1) is 18.4 Å². The predicted octanol–water partition coefficient (Wildman–Crippen LogP) is 0.194. The van der Waals surface area contributed by atoms with Crippen LogP contribution in [0, 0.1) is 0 Å². The molecule has 0 unspecified atom stereocenters. The van der Waals surface area contributed by atoms with Crippen LogP contribution in [0.25, 0.3) is 0 Å². The van der Waals surface area contributed by atoms with Crippen LogP contribution in [0.2, 0.25) is 0 Å². The molecule has 0 heterocycles.